The molecular weight excluding hydrogens is 280 g/mol. The number of rotatable bonds is 5. The van der Waals surface area contributed by atoms with Gasteiger partial charge in [-0.05, 0) is 49.4 Å². The van der Waals surface area contributed by atoms with Gasteiger partial charge in [0, 0.05) is 5.56 Å². The molecule has 0 fully saturated rings. The molecule has 1 aromatic carbocycles. The van der Waals surface area contributed by atoms with E-state index in [0.717, 1.165) is 5.56 Å². The van der Waals surface area contributed by atoms with Crippen molar-refractivity contribution in [3.05, 3.63) is 42.0 Å². The molecule has 0 N–H and O–H groups in total. The van der Waals surface area contributed by atoms with Crippen molar-refractivity contribution in [3.8, 4) is 5.75 Å². The first-order chi connectivity index (χ1) is 10.5. The van der Waals surface area contributed by atoms with Gasteiger partial charge >= 0.3 is 5.97 Å². The first kappa shape index (κ1) is 16.3. The van der Waals surface area contributed by atoms with Crippen LogP contribution in [0.15, 0.2) is 30.9 Å². The normalized spacial score (nSPS) is 21.7. The number of aryl methyl sites for hydroxylation is 1. The smallest absolute Gasteiger partial charge is 0.320 e. The van der Waals surface area contributed by atoms with Gasteiger partial charge < -0.3 is 9.47 Å². The van der Waals surface area contributed by atoms with Crippen molar-refractivity contribution in [1.29, 1.82) is 0 Å². The van der Waals surface area contributed by atoms with Gasteiger partial charge in [0.05, 0.1) is 13.7 Å². The summed E-state index contributed by atoms with van der Waals surface area (Å²) < 4.78 is 10.4. The SMILES string of the molecule is C=C[C@H](C)[C@@]1(C(=O)OCC)CCc2cc(OC)ccc2C1=O. The van der Waals surface area contributed by atoms with Gasteiger partial charge in [0.25, 0.3) is 0 Å². The van der Waals surface area contributed by atoms with E-state index in [2.05, 4.69) is 6.58 Å². The van der Waals surface area contributed by atoms with Gasteiger partial charge in [-0.3, -0.25) is 9.59 Å². The van der Waals surface area contributed by atoms with Gasteiger partial charge in [0.2, 0.25) is 0 Å². The zero-order chi connectivity index (χ0) is 16.3. The summed E-state index contributed by atoms with van der Waals surface area (Å²) >= 11 is 0. The monoisotopic (exact) mass is 302 g/mol. The van der Waals surface area contributed by atoms with E-state index in [1.165, 1.54) is 0 Å². The molecule has 1 aliphatic rings. The standard InChI is InChI=1S/C18H22O4/c1-5-12(3)18(17(20)22-6-2)10-9-13-11-14(21-4)7-8-15(13)16(18)19/h5,7-8,11-12H,1,6,9-10H2,2-4H3/t12-,18-/m0/s1. The van der Waals surface area contributed by atoms with E-state index in [1.807, 2.05) is 13.0 Å². The molecule has 2 rings (SSSR count). The maximum Gasteiger partial charge on any atom is 0.320 e. The predicted molar refractivity (Wildman–Crippen MR) is 84.1 cm³/mol. The average molecular weight is 302 g/mol. The van der Waals surface area contributed by atoms with Crippen molar-refractivity contribution < 1.29 is 19.1 Å². The molecule has 0 aromatic heterocycles. The number of carbonyl (C=O) groups is 2. The second kappa shape index (κ2) is 6.34. The van der Waals surface area contributed by atoms with E-state index in [1.54, 1.807) is 32.2 Å². The van der Waals surface area contributed by atoms with Gasteiger partial charge in [-0.1, -0.05) is 13.0 Å². The summed E-state index contributed by atoms with van der Waals surface area (Å²) in [5.41, 5.74) is 0.327. The number of fused-ring (bicyclic) bond motifs is 1. The summed E-state index contributed by atoms with van der Waals surface area (Å²) in [6.07, 6.45) is 2.72. The predicted octanol–water partition coefficient (Wildman–Crippen LogP) is 3.20. The molecule has 0 unspecified atom stereocenters. The van der Waals surface area contributed by atoms with Crippen LogP contribution in [0.3, 0.4) is 0 Å². The molecule has 1 aliphatic carbocycles. The lowest BCUT2D eigenvalue weighted by Gasteiger charge is -2.37. The van der Waals surface area contributed by atoms with Crippen molar-refractivity contribution in [1.82, 2.24) is 0 Å². The quantitative estimate of drug-likeness (QED) is 0.476. The lowest BCUT2D eigenvalue weighted by molar-refractivity contribution is -0.154. The van der Waals surface area contributed by atoms with Gasteiger partial charge in [0.1, 0.15) is 11.2 Å². The Hall–Kier alpha value is -2.10. The second-order valence-electron chi connectivity index (χ2n) is 5.57. The number of ketones is 1. The minimum Gasteiger partial charge on any atom is -0.497 e. The number of esters is 1. The van der Waals surface area contributed by atoms with Crippen LogP contribution in [0.5, 0.6) is 5.75 Å². The van der Waals surface area contributed by atoms with Gasteiger partial charge in [-0.2, -0.15) is 0 Å². The molecular formula is C18H22O4. The molecule has 0 bridgehead atoms. The van der Waals surface area contributed by atoms with Crippen LogP contribution in [0, 0.1) is 11.3 Å². The summed E-state index contributed by atoms with van der Waals surface area (Å²) in [5, 5.41) is 0. The highest BCUT2D eigenvalue weighted by molar-refractivity contribution is 6.14. The molecule has 22 heavy (non-hydrogen) atoms. The highest BCUT2D eigenvalue weighted by Crippen LogP contribution is 2.43. The van der Waals surface area contributed by atoms with Crippen molar-refractivity contribution in [2.45, 2.75) is 26.7 Å². The molecule has 4 heteroatoms. The Kier molecular flexibility index (Phi) is 4.69. The summed E-state index contributed by atoms with van der Waals surface area (Å²) in [4.78, 5) is 25.6. The van der Waals surface area contributed by atoms with Gasteiger partial charge in [-0.25, -0.2) is 0 Å². The lowest BCUT2D eigenvalue weighted by atomic mass is 9.64. The number of ether oxygens (including phenoxy) is 2. The molecule has 0 spiro atoms. The fraction of sp³-hybridized carbons (Fsp3) is 0.444. The van der Waals surface area contributed by atoms with E-state index < -0.39 is 11.4 Å². The van der Waals surface area contributed by atoms with Crippen LogP contribution < -0.4 is 4.74 Å². The van der Waals surface area contributed by atoms with E-state index in [4.69, 9.17) is 9.47 Å². The van der Waals surface area contributed by atoms with Crippen molar-refractivity contribution in [3.63, 3.8) is 0 Å². The number of hydrogen-bond donors (Lipinski definition) is 0. The lowest BCUT2D eigenvalue weighted by Crippen LogP contribution is -2.48. The van der Waals surface area contributed by atoms with Crippen LogP contribution in [0.25, 0.3) is 0 Å². The molecule has 0 aliphatic heterocycles. The number of hydrogen-bond acceptors (Lipinski definition) is 4. The summed E-state index contributed by atoms with van der Waals surface area (Å²) in [6, 6.07) is 5.34. The zero-order valence-electron chi connectivity index (χ0n) is 13.3. The van der Waals surface area contributed by atoms with Crippen LogP contribution in [0.2, 0.25) is 0 Å². The van der Waals surface area contributed by atoms with E-state index >= 15 is 0 Å². The number of Topliss-reactive ketones (excluding diaryl/α,β-unsaturated/α-hetero) is 1. The first-order valence-electron chi connectivity index (χ1n) is 7.52. The number of allylic oxidation sites excluding steroid dienone is 1. The Morgan fingerprint density at radius 3 is 2.82 bits per heavy atom. The van der Waals surface area contributed by atoms with Crippen LogP contribution in [0.1, 0.15) is 36.2 Å². The Morgan fingerprint density at radius 1 is 1.50 bits per heavy atom. The summed E-state index contributed by atoms with van der Waals surface area (Å²) in [6.45, 7) is 7.61. The Bertz CT molecular complexity index is 605. The van der Waals surface area contributed by atoms with Gasteiger partial charge in [0.15, 0.2) is 5.78 Å². The molecule has 0 saturated carbocycles. The Morgan fingerprint density at radius 2 is 2.23 bits per heavy atom. The van der Waals surface area contributed by atoms with Crippen molar-refractivity contribution >= 4 is 11.8 Å². The fourth-order valence-electron chi connectivity index (χ4n) is 3.09. The molecule has 1 aromatic rings. The third-order valence-electron chi connectivity index (χ3n) is 4.52. The number of methoxy groups -OCH3 is 1. The summed E-state index contributed by atoms with van der Waals surface area (Å²) in [5.74, 6) is -0.197. The summed E-state index contributed by atoms with van der Waals surface area (Å²) in [7, 11) is 1.59. The minimum atomic E-state index is -1.17. The van der Waals surface area contributed by atoms with Crippen molar-refractivity contribution in [2.24, 2.45) is 11.3 Å². The van der Waals surface area contributed by atoms with Gasteiger partial charge in [-0.15, -0.1) is 6.58 Å². The number of carbonyl (C=O) groups excluding carboxylic acids is 2. The van der Waals surface area contributed by atoms with E-state index in [-0.39, 0.29) is 18.3 Å². The first-order valence-corrected chi connectivity index (χ1v) is 7.52. The van der Waals surface area contributed by atoms with Crippen molar-refractivity contribution in [2.75, 3.05) is 13.7 Å². The molecule has 2 atom stereocenters. The third kappa shape index (κ3) is 2.43. The molecule has 0 radical (unpaired) electrons. The maximum absolute atomic E-state index is 13.1. The fourth-order valence-corrected chi connectivity index (χ4v) is 3.09. The highest BCUT2D eigenvalue weighted by atomic mass is 16.5. The average Bonchev–Trinajstić information content (AvgIpc) is 2.54. The highest BCUT2D eigenvalue weighted by Gasteiger charge is 2.52. The molecule has 4 nitrogen and oxygen atoms in total. The third-order valence-corrected chi connectivity index (χ3v) is 4.52. The maximum atomic E-state index is 13.1. The molecule has 0 saturated heterocycles. The molecule has 0 amide bonds. The zero-order valence-corrected chi connectivity index (χ0v) is 13.3. The second-order valence-corrected chi connectivity index (χ2v) is 5.57. The minimum absolute atomic E-state index is 0.178. The Labute approximate surface area is 131 Å². The van der Waals surface area contributed by atoms with Crippen LogP contribution in [-0.4, -0.2) is 25.5 Å². The van der Waals surface area contributed by atoms with E-state index in [9.17, 15) is 9.59 Å². The molecule has 118 valence electrons. The molecule has 0 heterocycles. The largest absolute Gasteiger partial charge is 0.497 e. The number of benzene rings is 1. The van der Waals surface area contributed by atoms with E-state index in [0.29, 0.717) is 24.2 Å². The van der Waals surface area contributed by atoms with Crippen LogP contribution in [-0.2, 0) is 16.0 Å². The topological polar surface area (TPSA) is 52.6 Å². The Balaban J connectivity index is 2.51. The van der Waals surface area contributed by atoms with Crippen LogP contribution >= 0.6 is 0 Å². The van der Waals surface area contributed by atoms with Crippen LogP contribution in [0.4, 0.5) is 0 Å².